The van der Waals surface area contributed by atoms with E-state index in [0.717, 1.165) is 4.88 Å². The van der Waals surface area contributed by atoms with Gasteiger partial charge in [0.1, 0.15) is 0 Å². The molecule has 0 fully saturated rings. The quantitative estimate of drug-likeness (QED) is 0.834. The summed E-state index contributed by atoms with van der Waals surface area (Å²) >= 11 is 4.65. The predicted octanol–water partition coefficient (Wildman–Crippen LogP) is 5.02. The van der Waals surface area contributed by atoms with Crippen molar-refractivity contribution in [1.29, 1.82) is 0 Å². The number of ether oxygens (including phenoxy) is 1. The number of thiophene rings is 1. The van der Waals surface area contributed by atoms with Crippen LogP contribution in [-0.4, -0.2) is 6.36 Å². The Balaban J connectivity index is 2.14. The first-order valence-electron chi connectivity index (χ1n) is 5.25. The Labute approximate surface area is 120 Å². The molecule has 0 bridgehead atoms. The molecular weight excluding hydrogens is 343 g/mol. The lowest BCUT2D eigenvalue weighted by Crippen LogP contribution is -2.18. The molecule has 7 heteroatoms. The summed E-state index contributed by atoms with van der Waals surface area (Å²) in [6, 6.07) is 8.26. The summed E-state index contributed by atoms with van der Waals surface area (Å²) in [5, 5.41) is 4.84. The van der Waals surface area contributed by atoms with E-state index in [9.17, 15) is 13.2 Å². The largest absolute Gasteiger partial charge is 0.573 e. The molecule has 2 aromatic rings. The Morgan fingerprint density at radius 1 is 1.26 bits per heavy atom. The first-order chi connectivity index (χ1) is 8.94. The smallest absolute Gasteiger partial charge is 0.404 e. The van der Waals surface area contributed by atoms with Crippen LogP contribution in [0.25, 0.3) is 0 Å². The minimum absolute atomic E-state index is 0.251. The molecule has 0 saturated heterocycles. The van der Waals surface area contributed by atoms with Gasteiger partial charge in [0, 0.05) is 15.9 Å². The topological polar surface area (TPSA) is 21.3 Å². The molecule has 0 amide bonds. The fourth-order valence-corrected chi connectivity index (χ4v) is 2.43. The zero-order valence-corrected chi connectivity index (χ0v) is 11.9. The van der Waals surface area contributed by atoms with Gasteiger partial charge in [0.2, 0.25) is 0 Å². The number of hydrogen-bond acceptors (Lipinski definition) is 3. The van der Waals surface area contributed by atoms with Crippen LogP contribution in [0.2, 0.25) is 0 Å². The van der Waals surface area contributed by atoms with Gasteiger partial charge in [-0.2, -0.15) is 0 Å². The van der Waals surface area contributed by atoms with Crippen LogP contribution < -0.4 is 10.1 Å². The molecule has 0 saturated carbocycles. The van der Waals surface area contributed by atoms with E-state index in [1.165, 1.54) is 17.4 Å². The van der Waals surface area contributed by atoms with Crippen LogP contribution >= 0.6 is 27.3 Å². The van der Waals surface area contributed by atoms with Gasteiger partial charge in [-0.3, -0.25) is 0 Å². The average Bonchev–Trinajstić information content (AvgIpc) is 2.78. The molecule has 0 atom stereocenters. The van der Waals surface area contributed by atoms with Crippen LogP contribution in [0, 0.1) is 0 Å². The maximum Gasteiger partial charge on any atom is 0.573 e. The van der Waals surface area contributed by atoms with Crippen molar-refractivity contribution in [3.63, 3.8) is 0 Å². The van der Waals surface area contributed by atoms with Crippen LogP contribution in [0.3, 0.4) is 0 Å². The maximum absolute atomic E-state index is 12.3. The summed E-state index contributed by atoms with van der Waals surface area (Å²) in [7, 11) is 0. The number of benzene rings is 1. The molecule has 2 nitrogen and oxygen atoms in total. The van der Waals surface area contributed by atoms with E-state index < -0.39 is 6.36 Å². The van der Waals surface area contributed by atoms with Crippen LogP contribution in [-0.2, 0) is 6.54 Å². The molecule has 1 aromatic heterocycles. The summed E-state index contributed by atoms with van der Waals surface area (Å²) in [6.07, 6.45) is -4.71. The van der Waals surface area contributed by atoms with E-state index in [-0.39, 0.29) is 5.75 Å². The number of nitrogens with one attached hydrogen (secondary N) is 1. The lowest BCUT2D eigenvalue weighted by molar-refractivity contribution is -0.274. The minimum atomic E-state index is -4.71. The van der Waals surface area contributed by atoms with Crippen molar-refractivity contribution in [2.24, 2.45) is 0 Å². The normalized spacial score (nSPS) is 11.4. The molecule has 2 rings (SSSR count). The first kappa shape index (κ1) is 14.2. The molecule has 0 aliphatic rings. The highest BCUT2D eigenvalue weighted by Gasteiger charge is 2.32. The Bertz CT molecular complexity index is 542. The van der Waals surface area contributed by atoms with E-state index in [1.807, 2.05) is 17.5 Å². The number of halogens is 4. The van der Waals surface area contributed by atoms with Gasteiger partial charge >= 0.3 is 6.36 Å². The van der Waals surface area contributed by atoms with Crippen molar-refractivity contribution in [1.82, 2.24) is 0 Å². The summed E-state index contributed by atoms with van der Waals surface area (Å²) in [4.78, 5) is 1.03. The highest BCUT2D eigenvalue weighted by Crippen LogP contribution is 2.33. The Kier molecular flexibility index (Phi) is 4.36. The summed E-state index contributed by atoms with van der Waals surface area (Å²) in [5.74, 6) is -0.251. The third kappa shape index (κ3) is 4.43. The molecular formula is C12H9BrF3NOS. The molecule has 102 valence electrons. The van der Waals surface area contributed by atoms with Gasteiger partial charge < -0.3 is 10.1 Å². The third-order valence-electron chi connectivity index (χ3n) is 2.20. The third-order valence-corrected chi connectivity index (χ3v) is 3.57. The van der Waals surface area contributed by atoms with Crippen LogP contribution in [0.5, 0.6) is 5.75 Å². The maximum atomic E-state index is 12.3. The number of anilines is 1. The second kappa shape index (κ2) is 5.83. The SMILES string of the molecule is FC(F)(F)Oc1cc(Br)ccc1NCc1cccs1. The van der Waals surface area contributed by atoms with Crippen LogP contribution in [0.4, 0.5) is 18.9 Å². The van der Waals surface area contributed by atoms with Crippen LogP contribution in [0.15, 0.2) is 40.2 Å². The van der Waals surface area contributed by atoms with Gasteiger partial charge in [0.15, 0.2) is 5.75 Å². The summed E-state index contributed by atoms with van der Waals surface area (Å²) in [5.41, 5.74) is 0.300. The number of rotatable bonds is 4. The van der Waals surface area contributed by atoms with Gasteiger partial charge in [-0.05, 0) is 29.6 Å². The van der Waals surface area contributed by atoms with Crippen molar-refractivity contribution in [2.75, 3.05) is 5.32 Å². The monoisotopic (exact) mass is 351 g/mol. The molecule has 0 aliphatic heterocycles. The minimum Gasteiger partial charge on any atom is -0.404 e. The highest BCUT2D eigenvalue weighted by molar-refractivity contribution is 9.10. The van der Waals surface area contributed by atoms with Crippen molar-refractivity contribution in [3.8, 4) is 5.75 Å². The van der Waals surface area contributed by atoms with Gasteiger partial charge in [-0.15, -0.1) is 24.5 Å². The van der Waals surface area contributed by atoms with Crippen molar-refractivity contribution < 1.29 is 17.9 Å². The fraction of sp³-hybridized carbons (Fsp3) is 0.167. The van der Waals surface area contributed by atoms with Gasteiger partial charge in [-0.1, -0.05) is 22.0 Å². The molecule has 0 unspecified atom stereocenters. The Hall–Kier alpha value is -1.21. The average molecular weight is 352 g/mol. The van der Waals surface area contributed by atoms with Crippen molar-refractivity contribution in [2.45, 2.75) is 12.9 Å². The second-order valence-electron chi connectivity index (χ2n) is 3.62. The van der Waals surface area contributed by atoms with Gasteiger partial charge in [-0.25, -0.2) is 0 Å². The van der Waals surface area contributed by atoms with E-state index in [0.29, 0.717) is 16.7 Å². The summed E-state index contributed by atoms with van der Waals surface area (Å²) < 4.78 is 41.4. The van der Waals surface area contributed by atoms with Gasteiger partial charge in [0.25, 0.3) is 0 Å². The lowest BCUT2D eigenvalue weighted by atomic mass is 10.3. The second-order valence-corrected chi connectivity index (χ2v) is 5.57. The molecule has 1 aromatic carbocycles. The molecule has 0 spiro atoms. The lowest BCUT2D eigenvalue weighted by Gasteiger charge is -2.14. The van der Waals surface area contributed by atoms with Gasteiger partial charge in [0.05, 0.1) is 5.69 Å². The van der Waals surface area contributed by atoms with E-state index in [1.54, 1.807) is 12.1 Å². The predicted molar refractivity (Wildman–Crippen MR) is 72.5 cm³/mol. The van der Waals surface area contributed by atoms with Crippen molar-refractivity contribution >= 4 is 33.0 Å². The summed E-state index contributed by atoms with van der Waals surface area (Å²) in [6.45, 7) is 0.452. The standard InChI is InChI=1S/C12H9BrF3NOS/c13-8-3-4-10(11(6-8)18-12(14,15)16)17-7-9-2-1-5-19-9/h1-6,17H,7H2. The first-order valence-corrected chi connectivity index (χ1v) is 6.93. The van der Waals surface area contributed by atoms with E-state index >= 15 is 0 Å². The number of alkyl halides is 3. The van der Waals surface area contributed by atoms with E-state index in [2.05, 4.69) is 26.0 Å². The molecule has 1 N–H and O–H groups in total. The van der Waals surface area contributed by atoms with E-state index in [4.69, 9.17) is 0 Å². The fourth-order valence-electron chi connectivity index (χ4n) is 1.45. The highest BCUT2D eigenvalue weighted by atomic mass is 79.9. The zero-order valence-electron chi connectivity index (χ0n) is 9.50. The zero-order chi connectivity index (χ0) is 13.9. The Morgan fingerprint density at radius 3 is 2.68 bits per heavy atom. The molecule has 0 aliphatic carbocycles. The van der Waals surface area contributed by atoms with Crippen molar-refractivity contribution in [3.05, 3.63) is 45.1 Å². The molecule has 1 heterocycles. The number of hydrogen-bond donors (Lipinski definition) is 1. The Morgan fingerprint density at radius 2 is 2.05 bits per heavy atom. The molecule has 0 radical (unpaired) electrons. The molecule has 19 heavy (non-hydrogen) atoms. The van der Waals surface area contributed by atoms with Crippen LogP contribution in [0.1, 0.15) is 4.88 Å².